The van der Waals surface area contributed by atoms with Crippen molar-refractivity contribution in [2.45, 2.75) is 20.5 Å². The zero-order chi connectivity index (χ0) is 21.1. The van der Waals surface area contributed by atoms with Crippen molar-refractivity contribution < 1.29 is 9.53 Å². The largest absolute Gasteiger partial charge is 0.488 e. The summed E-state index contributed by atoms with van der Waals surface area (Å²) in [6.45, 7) is 5.30. The van der Waals surface area contributed by atoms with Crippen LogP contribution in [0.2, 0.25) is 5.02 Å². The maximum Gasteiger partial charge on any atom is 0.259 e. The minimum absolute atomic E-state index is 0.0332. The lowest BCUT2D eigenvalue weighted by Crippen LogP contribution is -2.30. The molecule has 30 heavy (non-hydrogen) atoms. The first-order valence-electron chi connectivity index (χ1n) is 10.1. The summed E-state index contributed by atoms with van der Waals surface area (Å²) in [5, 5.41) is 0.678. The van der Waals surface area contributed by atoms with Gasteiger partial charge in [-0.25, -0.2) is 0 Å². The van der Waals surface area contributed by atoms with Crippen molar-refractivity contribution in [1.82, 2.24) is 0 Å². The topological polar surface area (TPSA) is 29.5 Å². The summed E-state index contributed by atoms with van der Waals surface area (Å²) in [6.07, 6.45) is 1.93. The van der Waals surface area contributed by atoms with Gasteiger partial charge < -0.3 is 9.64 Å². The van der Waals surface area contributed by atoms with Gasteiger partial charge in [0, 0.05) is 33.8 Å². The summed E-state index contributed by atoms with van der Waals surface area (Å²) in [5.74, 6) is 1.14. The first-order valence-corrected chi connectivity index (χ1v) is 10.5. The van der Waals surface area contributed by atoms with Gasteiger partial charge in [-0.05, 0) is 30.2 Å². The second-order valence-corrected chi connectivity index (χ2v) is 8.21. The number of carbonyl (C=O) groups excluding carboxylic acids is 1. The average molecular weight is 418 g/mol. The highest BCUT2D eigenvalue weighted by Gasteiger charge is 2.32. The molecule has 3 aromatic carbocycles. The number of halogens is 1. The molecule has 0 saturated carbocycles. The Morgan fingerprint density at radius 2 is 1.67 bits per heavy atom. The van der Waals surface area contributed by atoms with Crippen LogP contribution in [0.25, 0.3) is 11.6 Å². The van der Waals surface area contributed by atoms with Gasteiger partial charge in [0.1, 0.15) is 12.4 Å². The van der Waals surface area contributed by atoms with Crippen LogP contribution < -0.4 is 9.64 Å². The van der Waals surface area contributed by atoms with Crippen molar-refractivity contribution in [2.75, 3.05) is 11.4 Å². The molecule has 0 aliphatic carbocycles. The van der Waals surface area contributed by atoms with Crippen molar-refractivity contribution in [3.05, 3.63) is 94.5 Å². The number of fused-ring (bicyclic) bond motifs is 1. The number of anilines is 1. The molecule has 4 rings (SSSR count). The fraction of sp³-hybridized carbons (Fsp3) is 0.192. The van der Waals surface area contributed by atoms with Crippen LogP contribution in [-0.2, 0) is 11.4 Å². The molecule has 0 aromatic heterocycles. The Kier molecular flexibility index (Phi) is 5.91. The Bertz CT molecular complexity index is 1100. The molecule has 3 aromatic rings. The number of ether oxygens (including phenoxy) is 1. The monoisotopic (exact) mass is 417 g/mol. The smallest absolute Gasteiger partial charge is 0.259 e. The Morgan fingerprint density at radius 1 is 0.967 bits per heavy atom. The molecular weight excluding hydrogens is 394 g/mol. The van der Waals surface area contributed by atoms with E-state index in [4.69, 9.17) is 16.3 Å². The molecule has 1 aliphatic rings. The summed E-state index contributed by atoms with van der Waals surface area (Å²) in [4.78, 5) is 15.1. The van der Waals surface area contributed by atoms with Crippen molar-refractivity contribution in [1.29, 1.82) is 0 Å². The first-order chi connectivity index (χ1) is 14.5. The predicted octanol–water partition coefficient (Wildman–Crippen LogP) is 6.46. The van der Waals surface area contributed by atoms with Gasteiger partial charge in [-0.3, -0.25) is 4.79 Å². The van der Waals surface area contributed by atoms with Crippen LogP contribution >= 0.6 is 11.6 Å². The standard InChI is InChI=1S/C26H24ClNO2/c1-18(2)16-28-24-13-7-5-11-21(24)22(26(28)29)15-19-9-4-8-14-25(19)30-17-20-10-3-6-12-23(20)27/h3-15,18H,16-17H2,1-2H3/b22-15-. The summed E-state index contributed by atoms with van der Waals surface area (Å²) >= 11 is 6.26. The molecule has 0 bridgehead atoms. The van der Waals surface area contributed by atoms with Gasteiger partial charge >= 0.3 is 0 Å². The number of hydrogen-bond acceptors (Lipinski definition) is 2. The van der Waals surface area contributed by atoms with Crippen molar-refractivity contribution in [3.63, 3.8) is 0 Å². The maximum absolute atomic E-state index is 13.2. The maximum atomic E-state index is 13.2. The Balaban J connectivity index is 1.67. The summed E-state index contributed by atoms with van der Waals surface area (Å²) < 4.78 is 6.08. The van der Waals surface area contributed by atoms with Gasteiger partial charge in [-0.2, -0.15) is 0 Å². The molecule has 0 saturated heterocycles. The number of hydrogen-bond donors (Lipinski definition) is 0. The van der Waals surface area contributed by atoms with E-state index in [1.54, 1.807) is 0 Å². The molecule has 0 spiro atoms. The molecule has 0 fully saturated rings. The van der Waals surface area contributed by atoms with E-state index in [0.717, 1.165) is 28.1 Å². The molecule has 0 unspecified atom stereocenters. The highest BCUT2D eigenvalue weighted by molar-refractivity contribution is 6.36. The first kappa shape index (κ1) is 20.2. The lowest BCUT2D eigenvalue weighted by molar-refractivity contribution is -0.113. The SMILES string of the molecule is CC(C)CN1C(=O)/C(=C\c2ccccc2OCc2ccccc2Cl)c2ccccc21. The number of nitrogens with zero attached hydrogens (tertiary/aromatic N) is 1. The van der Waals surface area contributed by atoms with E-state index in [1.807, 2.05) is 83.8 Å². The van der Waals surface area contributed by atoms with E-state index >= 15 is 0 Å². The van der Waals surface area contributed by atoms with Crippen molar-refractivity contribution in [3.8, 4) is 5.75 Å². The third-order valence-corrected chi connectivity index (χ3v) is 5.44. The predicted molar refractivity (Wildman–Crippen MR) is 124 cm³/mol. The summed E-state index contributed by atoms with van der Waals surface area (Å²) in [5.41, 5.74) is 4.42. The zero-order valence-electron chi connectivity index (χ0n) is 17.1. The molecule has 1 amide bonds. The second kappa shape index (κ2) is 8.76. The quantitative estimate of drug-likeness (QED) is 0.430. The van der Waals surface area contributed by atoms with Crippen LogP contribution in [-0.4, -0.2) is 12.5 Å². The van der Waals surface area contributed by atoms with E-state index in [-0.39, 0.29) is 5.91 Å². The highest BCUT2D eigenvalue weighted by atomic mass is 35.5. The molecule has 0 atom stereocenters. The number of rotatable bonds is 6. The highest BCUT2D eigenvalue weighted by Crippen LogP contribution is 2.39. The zero-order valence-corrected chi connectivity index (χ0v) is 17.9. The fourth-order valence-electron chi connectivity index (χ4n) is 3.65. The number of amides is 1. The third-order valence-electron chi connectivity index (χ3n) is 5.07. The van der Waals surface area contributed by atoms with Crippen LogP contribution in [0.3, 0.4) is 0 Å². The van der Waals surface area contributed by atoms with Gasteiger partial charge in [-0.1, -0.05) is 80.0 Å². The van der Waals surface area contributed by atoms with E-state index in [1.165, 1.54) is 0 Å². The Labute approximate surface area is 182 Å². The molecule has 0 N–H and O–H groups in total. The average Bonchev–Trinajstić information content (AvgIpc) is 3.00. The molecule has 1 heterocycles. The number of benzene rings is 3. The Morgan fingerprint density at radius 3 is 2.47 bits per heavy atom. The summed E-state index contributed by atoms with van der Waals surface area (Å²) in [7, 11) is 0. The van der Waals surface area contributed by atoms with Crippen LogP contribution in [0.5, 0.6) is 5.75 Å². The van der Waals surface area contributed by atoms with Crippen LogP contribution in [0.15, 0.2) is 72.8 Å². The number of carbonyl (C=O) groups is 1. The van der Waals surface area contributed by atoms with E-state index in [9.17, 15) is 4.79 Å². The molecule has 1 aliphatic heterocycles. The van der Waals surface area contributed by atoms with Crippen molar-refractivity contribution in [2.24, 2.45) is 5.92 Å². The molecule has 152 valence electrons. The molecular formula is C26H24ClNO2. The molecule has 4 heteroatoms. The Hall–Kier alpha value is -3.04. The summed E-state index contributed by atoms with van der Waals surface area (Å²) in [6, 6.07) is 23.4. The van der Waals surface area contributed by atoms with Crippen LogP contribution in [0, 0.1) is 5.92 Å². The van der Waals surface area contributed by atoms with Crippen molar-refractivity contribution >= 4 is 34.8 Å². The van der Waals surface area contributed by atoms with Gasteiger partial charge in [-0.15, -0.1) is 0 Å². The van der Waals surface area contributed by atoms with Gasteiger partial charge in [0.15, 0.2) is 0 Å². The van der Waals surface area contributed by atoms with E-state index in [0.29, 0.717) is 29.7 Å². The second-order valence-electron chi connectivity index (χ2n) is 7.80. The van der Waals surface area contributed by atoms with Gasteiger partial charge in [0.05, 0.1) is 5.69 Å². The van der Waals surface area contributed by atoms with Crippen LogP contribution in [0.4, 0.5) is 5.69 Å². The fourth-order valence-corrected chi connectivity index (χ4v) is 3.84. The normalized spacial score (nSPS) is 14.5. The van der Waals surface area contributed by atoms with Gasteiger partial charge in [0.2, 0.25) is 0 Å². The lowest BCUT2D eigenvalue weighted by atomic mass is 10.0. The minimum atomic E-state index is 0.0332. The number of para-hydroxylation sites is 2. The third kappa shape index (κ3) is 4.12. The van der Waals surface area contributed by atoms with E-state index in [2.05, 4.69) is 13.8 Å². The minimum Gasteiger partial charge on any atom is -0.488 e. The molecule has 0 radical (unpaired) electrons. The van der Waals surface area contributed by atoms with E-state index < -0.39 is 0 Å². The lowest BCUT2D eigenvalue weighted by Gasteiger charge is -2.19. The van der Waals surface area contributed by atoms with Gasteiger partial charge in [0.25, 0.3) is 5.91 Å². The molecule has 3 nitrogen and oxygen atoms in total. The van der Waals surface area contributed by atoms with Crippen LogP contribution in [0.1, 0.15) is 30.5 Å².